The van der Waals surface area contributed by atoms with Crippen LogP contribution in [0.1, 0.15) is 19.3 Å². The van der Waals surface area contributed by atoms with Crippen LogP contribution in [0.4, 0.5) is 0 Å². The van der Waals surface area contributed by atoms with Crippen molar-refractivity contribution in [2.45, 2.75) is 30.7 Å². The van der Waals surface area contributed by atoms with E-state index in [0.29, 0.717) is 12.7 Å². The first-order valence-corrected chi connectivity index (χ1v) is 5.72. The highest BCUT2D eigenvalue weighted by molar-refractivity contribution is 6.20. The van der Waals surface area contributed by atoms with E-state index in [1.807, 2.05) is 0 Å². The third-order valence-corrected chi connectivity index (χ3v) is 2.72. The molecule has 0 aromatic rings. The molecule has 3 nitrogen and oxygen atoms in total. The Hall–Kier alpha value is 0.170. The molecule has 0 amide bonds. The van der Waals surface area contributed by atoms with Crippen molar-refractivity contribution in [1.82, 2.24) is 5.32 Å². The van der Waals surface area contributed by atoms with Crippen LogP contribution in [0.25, 0.3) is 0 Å². The monoisotopic (exact) mass is 221 g/mol. The normalized spacial score (nSPS) is 24.0. The van der Waals surface area contributed by atoms with Gasteiger partial charge in [0.2, 0.25) is 0 Å². The van der Waals surface area contributed by atoms with Crippen molar-refractivity contribution in [2.75, 3.05) is 33.4 Å². The number of ether oxygens (including phenoxy) is 2. The van der Waals surface area contributed by atoms with Crippen molar-refractivity contribution in [2.24, 2.45) is 0 Å². The first kappa shape index (κ1) is 12.2. The van der Waals surface area contributed by atoms with E-state index in [-0.39, 0.29) is 5.38 Å². The summed E-state index contributed by atoms with van der Waals surface area (Å²) in [4.78, 5) is 0. The van der Waals surface area contributed by atoms with E-state index in [0.717, 1.165) is 26.1 Å². The summed E-state index contributed by atoms with van der Waals surface area (Å²) in [5.41, 5.74) is 0. The Kier molecular flexibility index (Phi) is 6.52. The van der Waals surface area contributed by atoms with Crippen LogP contribution < -0.4 is 5.32 Å². The van der Waals surface area contributed by atoms with Gasteiger partial charge in [-0.25, -0.2) is 0 Å². The lowest BCUT2D eigenvalue weighted by Crippen LogP contribution is -2.28. The highest BCUT2D eigenvalue weighted by Gasteiger charge is 2.14. The van der Waals surface area contributed by atoms with E-state index >= 15 is 0 Å². The van der Waals surface area contributed by atoms with Crippen molar-refractivity contribution in [3.63, 3.8) is 0 Å². The molecule has 1 saturated heterocycles. The van der Waals surface area contributed by atoms with Crippen LogP contribution in [-0.4, -0.2) is 44.9 Å². The Morgan fingerprint density at radius 3 is 3.14 bits per heavy atom. The van der Waals surface area contributed by atoms with Crippen LogP contribution in [0.2, 0.25) is 0 Å². The molecule has 0 spiro atoms. The summed E-state index contributed by atoms with van der Waals surface area (Å²) < 4.78 is 10.4. The minimum atomic E-state index is 0.122. The van der Waals surface area contributed by atoms with E-state index in [1.54, 1.807) is 7.11 Å². The molecule has 0 radical (unpaired) electrons. The van der Waals surface area contributed by atoms with Crippen LogP contribution in [0.5, 0.6) is 0 Å². The highest BCUT2D eigenvalue weighted by Crippen LogP contribution is 2.10. The zero-order chi connectivity index (χ0) is 10.2. The van der Waals surface area contributed by atoms with Gasteiger partial charge in [0.25, 0.3) is 0 Å². The Morgan fingerprint density at radius 2 is 2.50 bits per heavy atom. The average Bonchev–Trinajstić information content (AvgIpc) is 2.65. The molecule has 1 fully saturated rings. The number of nitrogens with one attached hydrogen (secondary N) is 1. The molecule has 0 aliphatic carbocycles. The predicted molar refractivity (Wildman–Crippen MR) is 58.0 cm³/mol. The lowest BCUT2D eigenvalue weighted by Gasteiger charge is -2.12. The Morgan fingerprint density at radius 1 is 1.64 bits per heavy atom. The summed E-state index contributed by atoms with van der Waals surface area (Å²) in [5, 5.41) is 3.47. The van der Waals surface area contributed by atoms with E-state index in [2.05, 4.69) is 5.32 Å². The zero-order valence-corrected chi connectivity index (χ0v) is 9.55. The summed E-state index contributed by atoms with van der Waals surface area (Å²) in [6.45, 7) is 3.45. The molecule has 2 unspecified atom stereocenters. The number of hydrogen-bond donors (Lipinski definition) is 1. The van der Waals surface area contributed by atoms with Gasteiger partial charge in [-0.1, -0.05) is 0 Å². The van der Waals surface area contributed by atoms with Crippen LogP contribution in [0.3, 0.4) is 0 Å². The molecule has 2 atom stereocenters. The van der Waals surface area contributed by atoms with Gasteiger partial charge in [-0.15, -0.1) is 11.6 Å². The average molecular weight is 222 g/mol. The molecular formula is C10H20ClNO2. The third kappa shape index (κ3) is 5.15. The lowest BCUT2D eigenvalue weighted by molar-refractivity contribution is 0.110. The smallest absolute Gasteiger partial charge is 0.0700 e. The van der Waals surface area contributed by atoms with Crippen LogP contribution >= 0.6 is 11.6 Å². The molecule has 0 saturated carbocycles. The van der Waals surface area contributed by atoms with Crippen molar-refractivity contribution in [3.8, 4) is 0 Å². The summed E-state index contributed by atoms with van der Waals surface area (Å²) in [6.07, 6.45) is 3.76. The van der Waals surface area contributed by atoms with Gasteiger partial charge in [0.1, 0.15) is 0 Å². The number of halogens is 1. The molecule has 0 aromatic carbocycles. The second-order valence-corrected chi connectivity index (χ2v) is 4.30. The van der Waals surface area contributed by atoms with Crippen molar-refractivity contribution in [1.29, 1.82) is 0 Å². The lowest BCUT2D eigenvalue weighted by atomic mass is 10.2. The number of hydrogen-bond acceptors (Lipinski definition) is 3. The fourth-order valence-electron chi connectivity index (χ4n) is 1.59. The Labute approximate surface area is 91.1 Å². The van der Waals surface area contributed by atoms with E-state index < -0.39 is 0 Å². The van der Waals surface area contributed by atoms with Gasteiger partial charge in [0, 0.05) is 20.3 Å². The standard InChI is InChI=1S/C10H20ClNO2/c1-13-8-9(11)4-5-12-7-10-3-2-6-14-10/h9-10,12H,2-8H2,1H3. The number of rotatable bonds is 7. The maximum absolute atomic E-state index is 5.98. The molecule has 1 aliphatic rings. The maximum atomic E-state index is 5.98. The van der Waals surface area contributed by atoms with E-state index in [4.69, 9.17) is 21.1 Å². The third-order valence-electron chi connectivity index (χ3n) is 2.38. The largest absolute Gasteiger partial charge is 0.383 e. The number of methoxy groups -OCH3 is 1. The number of alkyl halides is 1. The fraction of sp³-hybridized carbons (Fsp3) is 1.00. The second kappa shape index (κ2) is 7.46. The molecule has 1 heterocycles. The topological polar surface area (TPSA) is 30.5 Å². The zero-order valence-electron chi connectivity index (χ0n) is 8.80. The van der Waals surface area contributed by atoms with Gasteiger partial charge in [-0.05, 0) is 25.8 Å². The summed E-state index contributed by atoms with van der Waals surface area (Å²) in [5.74, 6) is 0. The van der Waals surface area contributed by atoms with Gasteiger partial charge < -0.3 is 14.8 Å². The fourth-order valence-corrected chi connectivity index (χ4v) is 1.83. The van der Waals surface area contributed by atoms with Gasteiger partial charge in [-0.2, -0.15) is 0 Å². The maximum Gasteiger partial charge on any atom is 0.0700 e. The summed E-state index contributed by atoms with van der Waals surface area (Å²) in [6, 6.07) is 0. The Balaban J connectivity index is 1.88. The van der Waals surface area contributed by atoms with E-state index in [9.17, 15) is 0 Å². The first-order valence-electron chi connectivity index (χ1n) is 5.28. The van der Waals surface area contributed by atoms with Crippen molar-refractivity contribution >= 4 is 11.6 Å². The van der Waals surface area contributed by atoms with Gasteiger partial charge in [-0.3, -0.25) is 0 Å². The Bertz CT molecular complexity index is 140. The minimum absolute atomic E-state index is 0.122. The van der Waals surface area contributed by atoms with Crippen LogP contribution in [0.15, 0.2) is 0 Å². The minimum Gasteiger partial charge on any atom is -0.383 e. The molecule has 84 valence electrons. The summed E-state index contributed by atoms with van der Waals surface area (Å²) in [7, 11) is 1.68. The molecule has 14 heavy (non-hydrogen) atoms. The van der Waals surface area contributed by atoms with Crippen LogP contribution in [0, 0.1) is 0 Å². The van der Waals surface area contributed by atoms with Gasteiger partial charge in [0.15, 0.2) is 0 Å². The highest BCUT2D eigenvalue weighted by atomic mass is 35.5. The molecule has 4 heteroatoms. The molecule has 0 aromatic heterocycles. The molecular weight excluding hydrogens is 202 g/mol. The van der Waals surface area contributed by atoms with Crippen LogP contribution in [-0.2, 0) is 9.47 Å². The van der Waals surface area contributed by atoms with Gasteiger partial charge >= 0.3 is 0 Å². The molecule has 1 N–H and O–H groups in total. The quantitative estimate of drug-likeness (QED) is 0.521. The van der Waals surface area contributed by atoms with Crippen molar-refractivity contribution in [3.05, 3.63) is 0 Å². The van der Waals surface area contributed by atoms with Crippen molar-refractivity contribution < 1.29 is 9.47 Å². The molecule has 0 bridgehead atoms. The summed E-state index contributed by atoms with van der Waals surface area (Å²) >= 11 is 5.98. The molecule has 1 aliphatic heterocycles. The first-order chi connectivity index (χ1) is 6.83. The SMILES string of the molecule is COCC(Cl)CCNCC1CCCO1. The van der Waals surface area contributed by atoms with E-state index in [1.165, 1.54) is 12.8 Å². The second-order valence-electron chi connectivity index (χ2n) is 3.68. The van der Waals surface area contributed by atoms with Gasteiger partial charge in [0.05, 0.1) is 18.1 Å². The predicted octanol–water partition coefficient (Wildman–Crippen LogP) is 1.40. The molecule has 1 rings (SSSR count).